The molecule has 0 spiro atoms. The molecular formula is C9H9Br2NO3. The van der Waals surface area contributed by atoms with Crippen molar-refractivity contribution >= 4 is 37.5 Å². The molecule has 82 valence electrons. The molecule has 0 bridgehead atoms. The van der Waals surface area contributed by atoms with E-state index in [1.54, 1.807) is 6.92 Å². The molecule has 4 nitrogen and oxygen atoms in total. The van der Waals surface area contributed by atoms with Gasteiger partial charge in [0, 0.05) is 0 Å². The van der Waals surface area contributed by atoms with Gasteiger partial charge in [0.1, 0.15) is 10.2 Å². The van der Waals surface area contributed by atoms with Crippen LogP contribution in [0.5, 0.6) is 5.75 Å². The Bertz CT molecular complexity index is 432. The molecule has 0 radical (unpaired) electrons. The number of hydrogen-bond acceptors (Lipinski definition) is 3. The quantitative estimate of drug-likeness (QED) is 0.609. The number of nitro benzene ring substituents is 1. The van der Waals surface area contributed by atoms with Crippen LogP contribution in [0.15, 0.2) is 8.95 Å². The van der Waals surface area contributed by atoms with E-state index in [1.807, 2.05) is 6.92 Å². The summed E-state index contributed by atoms with van der Waals surface area (Å²) in [7, 11) is 1.49. The number of nitrogens with zero attached hydrogens (tertiary/aromatic N) is 1. The van der Waals surface area contributed by atoms with E-state index in [4.69, 9.17) is 4.74 Å². The lowest BCUT2D eigenvalue weighted by Gasteiger charge is -2.12. The van der Waals surface area contributed by atoms with Gasteiger partial charge in [-0.25, -0.2) is 0 Å². The Morgan fingerprint density at radius 3 is 2.13 bits per heavy atom. The van der Waals surface area contributed by atoms with Crippen LogP contribution in [-0.2, 0) is 0 Å². The van der Waals surface area contributed by atoms with Gasteiger partial charge in [-0.15, -0.1) is 0 Å². The summed E-state index contributed by atoms with van der Waals surface area (Å²) in [6.07, 6.45) is 0. The highest BCUT2D eigenvalue weighted by Crippen LogP contribution is 2.44. The smallest absolute Gasteiger partial charge is 0.301 e. The number of ether oxygens (including phenoxy) is 1. The molecule has 0 saturated carbocycles. The summed E-state index contributed by atoms with van der Waals surface area (Å²) in [5.74, 6) is 0.502. The highest BCUT2D eigenvalue weighted by Gasteiger charge is 2.25. The fourth-order valence-electron chi connectivity index (χ4n) is 1.28. The van der Waals surface area contributed by atoms with Crippen molar-refractivity contribution < 1.29 is 9.66 Å². The van der Waals surface area contributed by atoms with Gasteiger partial charge in [0.2, 0.25) is 0 Å². The Hall–Kier alpha value is -0.620. The van der Waals surface area contributed by atoms with E-state index in [0.29, 0.717) is 14.7 Å². The second kappa shape index (κ2) is 4.49. The summed E-state index contributed by atoms with van der Waals surface area (Å²) in [5, 5.41) is 10.9. The number of nitro groups is 1. The predicted molar refractivity (Wildman–Crippen MR) is 64.5 cm³/mol. The summed E-state index contributed by atoms with van der Waals surface area (Å²) >= 11 is 6.40. The Balaban J connectivity index is 3.68. The molecule has 0 atom stereocenters. The summed E-state index contributed by atoms with van der Waals surface area (Å²) in [4.78, 5) is 10.4. The van der Waals surface area contributed by atoms with Gasteiger partial charge in [-0.3, -0.25) is 10.1 Å². The third-order valence-corrected chi connectivity index (χ3v) is 3.94. The minimum absolute atomic E-state index is 0.00468. The summed E-state index contributed by atoms with van der Waals surface area (Å²) in [6.45, 7) is 3.66. The third kappa shape index (κ3) is 2.01. The van der Waals surface area contributed by atoms with E-state index in [1.165, 1.54) is 7.11 Å². The number of methoxy groups -OCH3 is 1. The maximum atomic E-state index is 10.9. The number of halogens is 2. The Kier molecular flexibility index (Phi) is 3.72. The average Bonchev–Trinajstić information content (AvgIpc) is 2.15. The molecule has 1 aromatic rings. The summed E-state index contributed by atoms with van der Waals surface area (Å²) < 4.78 is 5.98. The highest BCUT2D eigenvalue weighted by molar-refractivity contribution is 9.11. The maximum absolute atomic E-state index is 10.9. The lowest BCUT2D eigenvalue weighted by Crippen LogP contribution is -1.99. The molecule has 0 amide bonds. The van der Waals surface area contributed by atoms with Crippen LogP contribution < -0.4 is 4.74 Å². The largest absolute Gasteiger partial charge is 0.495 e. The monoisotopic (exact) mass is 337 g/mol. The molecular weight excluding hydrogens is 330 g/mol. The molecule has 0 aliphatic heterocycles. The van der Waals surface area contributed by atoms with E-state index >= 15 is 0 Å². The second-order valence-electron chi connectivity index (χ2n) is 3.02. The highest BCUT2D eigenvalue weighted by atomic mass is 79.9. The van der Waals surface area contributed by atoms with Gasteiger partial charge in [0.15, 0.2) is 0 Å². The molecule has 0 fully saturated rings. The first-order chi connectivity index (χ1) is 6.91. The Morgan fingerprint density at radius 2 is 1.73 bits per heavy atom. The van der Waals surface area contributed by atoms with Crippen molar-refractivity contribution in [1.82, 2.24) is 0 Å². The molecule has 0 heterocycles. The first-order valence-electron chi connectivity index (χ1n) is 4.08. The minimum Gasteiger partial charge on any atom is -0.495 e. The van der Waals surface area contributed by atoms with Crippen molar-refractivity contribution in [3.05, 3.63) is 30.2 Å². The zero-order chi connectivity index (χ0) is 11.7. The zero-order valence-corrected chi connectivity index (χ0v) is 11.6. The minimum atomic E-state index is -0.441. The first kappa shape index (κ1) is 12.4. The van der Waals surface area contributed by atoms with Gasteiger partial charge < -0.3 is 4.74 Å². The SMILES string of the molecule is COc1c(C)c(C)c(Br)c([N+](=O)[O-])c1Br. The topological polar surface area (TPSA) is 52.4 Å². The molecule has 0 saturated heterocycles. The fourth-order valence-corrected chi connectivity index (χ4v) is 2.99. The van der Waals surface area contributed by atoms with Gasteiger partial charge in [-0.05, 0) is 56.8 Å². The molecule has 0 unspecified atom stereocenters. The van der Waals surface area contributed by atoms with Crippen LogP contribution in [0.3, 0.4) is 0 Å². The molecule has 1 aromatic carbocycles. The Morgan fingerprint density at radius 1 is 1.20 bits per heavy atom. The second-order valence-corrected chi connectivity index (χ2v) is 4.60. The van der Waals surface area contributed by atoms with Crippen LogP contribution >= 0.6 is 31.9 Å². The third-order valence-electron chi connectivity index (χ3n) is 2.23. The molecule has 0 N–H and O–H groups in total. The van der Waals surface area contributed by atoms with Crippen LogP contribution in [-0.4, -0.2) is 12.0 Å². The number of benzene rings is 1. The van der Waals surface area contributed by atoms with Gasteiger partial charge in [-0.2, -0.15) is 0 Å². The van der Waals surface area contributed by atoms with Crippen LogP contribution in [0.2, 0.25) is 0 Å². The molecule has 1 rings (SSSR count). The maximum Gasteiger partial charge on any atom is 0.301 e. The molecule has 0 aliphatic carbocycles. The van der Waals surface area contributed by atoms with Crippen molar-refractivity contribution in [2.24, 2.45) is 0 Å². The van der Waals surface area contributed by atoms with Crippen LogP contribution in [0.1, 0.15) is 11.1 Å². The molecule has 6 heteroatoms. The fraction of sp³-hybridized carbons (Fsp3) is 0.333. The van der Waals surface area contributed by atoms with Crippen molar-refractivity contribution in [1.29, 1.82) is 0 Å². The van der Waals surface area contributed by atoms with E-state index in [0.717, 1.165) is 11.1 Å². The first-order valence-corrected chi connectivity index (χ1v) is 5.67. The zero-order valence-electron chi connectivity index (χ0n) is 8.43. The van der Waals surface area contributed by atoms with Crippen molar-refractivity contribution in [3.63, 3.8) is 0 Å². The van der Waals surface area contributed by atoms with E-state index in [2.05, 4.69) is 31.9 Å². The molecule has 0 aromatic heterocycles. The lowest BCUT2D eigenvalue weighted by molar-refractivity contribution is -0.386. The molecule has 15 heavy (non-hydrogen) atoms. The van der Waals surface area contributed by atoms with Crippen molar-refractivity contribution in [2.45, 2.75) is 13.8 Å². The molecule has 0 aliphatic rings. The normalized spacial score (nSPS) is 10.2. The standard InChI is InChI=1S/C9H9Br2NO3/c1-4-5(2)9(15-3)7(11)8(6(4)10)12(13)14/h1-3H3. The van der Waals surface area contributed by atoms with E-state index < -0.39 is 4.92 Å². The number of rotatable bonds is 2. The van der Waals surface area contributed by atoms with Crippen molar-refractivity contribution in [3.8, 4) is 5.75 Å². The van der Waals surface area contributed by atoms with E-state index in [9.17, 15) is 10.1 Å². The van der Waals surface area contributed by atoms with Gasteiger partial charge in [-0.1, -0.05) is 0 Å². The van der Waals surface area contributed by atoms with Crippen molar-refractivity contribution in [2.75, 3.05) is 7.11 Å². The van der Waals surface area contributed by atoms with Gasteiger partial charge >= 0.3 is 5.69 Å². The van der Waals surface area contributed by atoms with Gasteiger partial charge in [0.25, 0.3) is 0 Å². The predicted octanol–water partition coefficient (Wildman–Crippen LogP) is 3.75. The van der Waals surface area contributed by atoms with Crippen LogP contribution in [0.25, 0.3) is 0 Å². The van der Waals surface area contributed by atoms with Crippen LogP contribution in [0, 0.1) is 24.0 Å². The van der Waals surface area contributed by atoms with E-state index in [-0.39, 0.29) is 5.69 Å². The average molecular weight is 339 g/mol. The number of hydrogen-bond donors (Lipinski definition) is 0. The van der Waals surface area contributed by atoms with Gasteiger partial charge in [0.05, 0.1) is 16.5 Å². The van der Waals surface area contributed by atoms with Crippen LogP contribution in [0.4, 0.5) is 5.69 Å². The Labute approximate surface area is 104 Å². The summed E-state index contributed by atoms with van der Waals surface area (Å²) in [6, 6.07) is 0. The lowest BCUT2D eigenvalue weighted by atomic mass is 10.1. The summed E-state index contributed by atoms with van der Waals surface area (Å²) in [5.41, 5.74) is 1.68.